The van der Waals surface area contributed by atoms with Crippen molar-refractivity contribution in [1.29, 1.82) is 0 Å². The summed E-state index contributed by atoms with van der Waals surface area (Å²) in [4.78, 5) is 27.1. The third kappa shape index (κ3) is 5.97. The van der Waals surface area contributed by atoms with Crippen molar-refractivity contribution >= 4 is 40.9 Å². The lowest BCUT2D eigenvalue weighted by atomic mass is 10.2. The van der Waals surface area contributed by atoms with Crippen LogP contribution >= 0.6 is 23.4 Å². The molecule has 138 valence electrons. The van der Waals surface area contributed by atoms with Gasteiger partial charge in [-0.2, -0.15) is 0 Å². The summed E-state index contributed by atoms with van der Waals surface area (Å²) in [6.07, 6.45) is 0. The zero-order valence-corrected chi connectivity index (χ0v) is 16.4. The summed E-state index contributed by atoms with van der Waals surface area (Å²) in [5, 5.41) is 0.651. The number of anilines is 1. The number of benzene rings is 2. The molecule has 0 aliphatic carbocycles. The van der Waals surface area contributed by atoms with Gasteiger partial charge in [0.05, 0.1) is 5.75 Å². The van der Waals surface area contributed by atoms with Gasteiger partial charge in [0.2, 0.25) is 5.91 Å². The van der Waals surface area contributed by atoms with E-state index in [2.05, 4.69) is 29.6 Å². The largest absolute Gasteiger partial charge is 0.372 e. The molecule has 7 heteroatoms. The van der Waals surface area contributed by atoms with Crippen molar-refractivity contribution in [2.75, 3.05) is 23.7 Å². The lowest BCUT2D eigenvalue weighted by Gasteiger charge is -2.21. The van der Waals surface area contributed by atoms with Crippen molar-refractivity contribution in [2.45, 2.75) is 18.7 Å². The van der Waals surface area contributed by atoms with E-state index in [1.807, 2.05) is 24.3 Å². The summed E-state index contributed by atoms with van der Waals surface area (Å²) in [6.45, 7) is 5.98. The Hall–Kier alpha value is -2.18. The second-order valence-corrected chi connectivity index (χ2v) is 6.95. The number of thioether (sulfide) groups is 1. The fraction of sp³-hybridized carbons (Fsp3) is 0.263. The number of nitrogens with one attached hydrogen (secondary N) is 2. The van der Waals surface area contributed by atoms with E-state index in [0.29, 0.717) is 10.6 Å². The Morgan fingerprint density at radius 3 is 2.15 bits per heavy atom. The Kier molecular flexibility index (Phi) is 7.81. The van der Waals surface area contributed by atoms with E-state index in [4.69, 9.17) is 11.6 Å². The second kappa shape index (κ2) is 10.1. The Morgan fingerprint density at radius 2 is 1.58 bits per heavy atom. The zero-order valence-electron chi connectivity index (χ0n) is 14.8. The average Bonchev–Trinajstić information content (AvgIpc) is 2.67. The highest BCUT2D eigenvalue weighted by Crippen LogP contribution is 2.20. The minimum atomic E-state index is -0.346. The SMILES string of the molecule is CCN(CC)c1ccc(C(=O)NNC(=O)CSc2ccc(Cl)cc2)cc1. The molecule has 0 spiro atoms. The van der Waals surface area contributed by atoms with Crippen LogP contribution in [0.3, 0.4) is 0 Å². The first-order chi connectivity index (χ1) is 12.5. The van der Waals surface area contributed by atoms with Gasteiger partial charge < -0.3 is 4.90 Å². The Bertz CT molecular complexity index is 731. The number of carbonyl (C=O) groups is 2. The number of rotatable bonds is 7. The minimum absolute atomic E-state index is 0.197. The molecular weight excluding hydrogens is 370 g/mol. The van der Waals surface area contributed by atoms with E-state index in [1.54, 1.807) is 24.3 Å². The molecule has 26 heavy (non-hydrogen) atoms. The standard InChI is InChI=1S/C19H22ClN3O2S/c1-3-23(4-2)16-9-5-14(6-10-16)19(25)22-21-18(24)13-26-17-11-7-15(20)8-12-17/h5-12H,3-4,13H2,1-2H3,(H,21,24)(H,22,25). The van der Waals surface area contributed by atoms with Gasteiger partial charge in [-0.15, -0.1) is 11.8 Å². The zero-order chi connectivity index (χ0) is 18.9. The molecule has 0 unspecified atom stereocenters. The molecule has 0 aliphatic rings. The molecule has 0 fully saturated rings. The van der Waals surface area contributed by atoms with Crippen LogP contribution in [0, 0.1) is 0 Å². The maximum atomic E-state index is 12.1. The second-order valence-electron chi connectivity index (χ2n) is 5.46. The molecule has 0 heterocycles. The predicted octanol–water partition coefficient (Wildman–Crippen LogP) is 3.74. The summed E-state index contributed by atoms with van der Waals surface area (Å²) >= 11 is 7.19. The van der Waals surface area contributed by atoms with Gasteiger partial charge in [-0.3, -0.25) is 20.4 Å². The molecule has 0 bridgehead atoms. The van der Waals surface area contributed by atoms with Gasteiger partial charge in [-0.25, -0.2) is 0 Å². The smallest absolute Gasteiger partial charge is 0.269 e. The van der Waals surface area contributed by atoms with Gasteiger partial charge in [-0.05, 0) is 62.4 Å². The molecule has 0 saturated carbocycles. The topological polar surface area (TPSA) is 61.4 Å². The van der Waals surface area contributed by atoms with E-state index in [0.717, 1.165) is 23.7 Å². The molecule has 2 N–H and O–H groups in total. The van der Waals surface area contributed by atoms with Crippen molar-refractivity contribution in [3.05, 3.63) is 59.1 Å². The number of hydrogen-bond donors (Lipinski definition) is 2. The number of hydrogen-bond acceptors (Lipinski definition) is 4. The maximum Gasteiger partial charge on any atom is 0.269 e. The summed E-state index contributed by atoms with van der Waals surface area (Å²) < 4.78 is 0. The lowest BCUT2D eigenvalue weighted by Crippen LogP contribution is -2.42. The van der Waals surface area contributed by atoms with Crippen LogP contribution in [0.4, 0.5) is 5.69 Å². The summed E-state index contributed by atoms with van der Waals surface area (Å²) in [7, 11) is 0. The molecule has 0 aromatic heterocycles. The Balaban J connectivity index is 1.80. The monoisotopic (exact) mass is 391 g/mol. The molecule has 0 atom stereocenters. The highest BCUT2D eigenvalue weighted by molar-refractivity contribution is 8.00. The number of halogens is 1. The molecule has 0 radical (unpaired) electrons. The third-order valence-electron chi connectivity index (χ3n) is 3.76. The summed E-state index contributed by atoms with van der Waals surface area (Å²) in [6, 6.07) is 14.5. The average molecular weight is 392 g/mol. The van der Waals surface area contributed by atoms with E-state index >= 15 is 0 Å². The normalized spacial score (nSPS) is 10.3. The fourth-order valence-electron chi connectivity index (χ4n) is 2.33. The number of nitrogens with zero attached hydrogens (tertiary/aromatic N) is 1. The van der Waals surface area contributed by atoms with Crippen LogP contribution in [-0.4, -0.2) is 30.7 Å². The lowest BCUT2D eigenvalue weighted by molar-refractivity contribution is -0.119. The molecule has 2 aromatic carbocycles. The fourth-order valence-corrected chi connectivity index (χ4v) is 3.15. The molecule has 5 nitrogen and oxygen atoms in total. The highest BCUT2D eigenvalue weighted by Gasteiger charge is 2.09. The van der Waals surface area contributed by atoms with Gasteiger partial charge in [0.1, 0.15) is 0 Å². The van der Waals surface area contributed by atoms with Gasteiger partial charge >= 0.3 is 0 Å². The van der Waals surface area contributed by atoms with Gasteiger partial charge in [0.25, 0.3) is 5.91 Å². The Morgan fingerprint density at radius 1 is 0.962 bits per heavy atom. The molecule has 0 saturated heterocycles. The van der Waals surface area contributed by atoms with Crippen molar-refractivity contribution in [2.24, 2.45) is 0 Å². The van der Waals surface area contributed by atoms with E-state index in [-0.39, 0.29) is 17.6 Å². The Labute approximate surface area is 163 Å². The van der Waals surface area contributed by atoms with Gasteiger partial charge in [0.15, 0.2) is 0 Å². The van der Waals surface area contributed by atoms with Crippen molar-refractivity contribution in [3.63, 3.8) is 0 Å². The first-order valence-corrected chi connectivity index (χ1v) is 9.72. The first-order valence-electron chi connectivity index (χ1n) is 8.36. The van der Waals surface area contributed by atoms with Crippen LogP contribution in [0.5, 0.6) is 0 Å². The highest BCUT2D eigenvalue weighted by atomic mass is 35.5. The van der Waals surface area contributed by atoms with Gasteiger partial charge in [0, 0.05) is 34.3 Å². The molecule has 2 rings (SSSR count). The predicted molar refractivity (Wildman–Crippen MR) is 108 cm³/mol. The van der Waals surface area contributed by atoms with Crippen LogP contribution in [0.2, 0.25) is 5.02 Å². The molecule has 2 amide bonds. The van der Waals surface area contributed by atoms with Crippen LogP contribution in [0.1, 0.15) is 24.2 Å². The number of amides is 2. The van der Waals surface area contributed by atoms with E-state index in [9.17, 15) is 9.59 Å². The van der Waals surface area contributed by atoms with E-state index < -0.39 is 0 Å². The molecular formula is C19H22ClN3O2S. The molecule has 0 aliphatic heterocycles. The van der Waals surface area contributed by atoms with Crippen LogP contribution in [-0.2, 0) is 4.79 Å². The summed E-state index contributed by atoms with van der Waals surface area (Å²) in [5.41, 5.74) is 6.42. The first kappa shape index (κ1) is 20.1. The van der Waals surface area contributed by atoms with Gasteiger partial charge in [-0.1, -0.05) is 11.6 Å². The summed E-state index contributed by atoms with van der Waals surface area (Å²) in [5.74, 6) is -0.429. The number of carbonyl (C=O) groups excluding carboxylic acids is 2. The van der Waals surface area contributed by atoms with Crippen molar-refractivity contribution < 1.29 is 9.59 Å². The minimum Gasteiger partial charge on any atom is -0.372 e. The van der Waals surface area contributed by atoms with Crippen LogP contribution in [0.15, 0.2) is 53.4 Å². The third-order valence-corrected chi connectivity index (χ3v) is 5.02. The maximum absolute atomic E-state index is 12.1. The van der Waals surface area contributed by atoms with Crippen LogP contribution in [0.25, 0.3) is 0 Å². The molecule has 2 aromatic rings. The number of hydrazine groups is 1. The quantitative estimate of drug-likeness (QED) is 0.557. The van der Waals surface area contributed by atoms with Crippen molar-refractivity contribution in [1.82, 2.24) is 10.9 Å². The van der Waals surface area contributed by atoms with E-state index in [1.165, 1.54) is 11.8 Å². The van der Waals surface area contributed by atoms with Crippen molar-refractivity contribution in [3.8, 4) is 0 Å². The van der Waals surface area contributed by atoms with Crippen LogP contribution < -0.4 is 15.8 Å².